The van der Waals surface area contributed by atoms with E-state index in [1.807, 2.05) is 27.7 Å². The fourth-order valence-corrected chi connectivity index (χ4v) is 3.39. The molecular weight excluding hydrogens is 356 g/mol. The number of carbonyl (C=O) groups is 2. The Bertz CT molecular complexity index is 674. The predicted octanol–water partition coefficient (Wildman–Crippen LogP) is 2.15. The van der Waals surface area contributed by atoms with Crippen LogP contribution in [0.3, 0.4) is 0 Å². The van der Waals surface area contributed by atoms with Crippen molar-refractivity contribution < 1.29 is 23.1 Å². The summed E-state index contributed by atoms with van der Waals surface area (Å²) >= 11 is 0. The van der Waals surface area contributed by atoms with E-state index in [2.05, 4.69) is 15.5 Å². The van der Waals surface area contributed by atoms with Gasteiger partial charge in [-0.1, -0.05) is 13.8 Å². The number of nitrogens with zero attached hydrogens (tertiary/aromatic N) is 1. The van der Waals surface area contributed by atoms with Gasteiger partial charge in [0, 0.05) is 24.8 Å². The molecule has 6 nitrogen and oxygen atoms in total. The molecule has 0 unspecified atom stereocenters. The van der Waals surface area contributed by atoms with E-state index in [1.165, 1.54) is 6.07 Å². The minimum Gasteiger partial charge on any atom is -0.373 e. The first-order chi connectivity index (χ1) is 12.7. The first kappa shape index (κ1) is 21.2. The van der Waals surface area contributed by atoms with Gasteiger partial charge in [-0.15, -0.1) is 0 Å². The zero-order chi connectivity index (χ0) is 20.1. The van der Waals surface area contributed by atoms with Crippen LogP contribution >= 0.6 is 0 Å². The van der Waals surface area contributed by atoms with E-state index in [4.69, 9.17) is 4.74 Å². The van der Waals surface area contributed by atoms with Gasteiger partial charge in [0.1, 0.15) is 0 Å². The molecule has 2 N–H and O–H groups in total. The van der Waals surface area contributed by atoms with E-state index in [1.54, 1.807) is 0 Å². The first-order valence-corrected chi connectivity index (χ1v) is 9.09. The molecule has 2 amide bonds. The molecule has 150 valence electrons. The van der Waals surface area contributed by atoms with Crippen LogP contribution in [0.25, 0.3) is 0 Å². The highest BCUT2D eigenvalue weighted by Gasteiger charge is 2.34. The van der Waals surface area contributed by atoms with Gasteiger partial charge in [-0.2, -0.15) is 0 Å². The maximum absolute atomic E-state index is 13.2. The second-order valence-electron chi connectivity index (χ2n) is 7.29. The van der Waals surface area contributed by atoms with Crippen molar-refractivity contribution in [2.45, 2.75) is 45.9 Å². The molecule has 0 saturated carbocycles. The van der Waals surface area contributed by atoms with Crippen LogP contribution in [0.4, 0.5) is 14.5 Å². The Morgan fingerprint density at radius 3 is 2.37 bits per heavy atom. The second kappa shape index (κ2) is 9.23. The zero-order valence-electron chi connectivity index (χ0n) is 16.1. The van der Waals surface area contributed by atoms with Gasteiger partial charge in [0.25, 0.3) is 0 Å². The topological polar surface area (TPSA) is 70.7 Å². The monoisotopic (exact) mass is 383 g/mol. The van der Waals surface area contributed by atoms with E-state index >= 15 is 0 Å². The van der Waals surface area contributed by atoms with Crippen LogP contribution in [0.1, 0.15) is 27.7 Å². The number of hydrogen-bond donors (Lipinski definition) is 2. The summed E-state index contributed by atoms with van der Waals surface area (Å²) in [6, 6.07) is 2.70. The van der Waals surface area contributed by atoms with Crippen molar-refractivity contribution >= 4 is 17.5 Å². The average molecular weight is 383 g/mol. The summed E-state index contributed by atoms with van der Waals surface area (Å²) in [6.07, 6.45) is 0.0546. The first-order valence-electron chi connectivity index (χ1n) is 9.09. The Labute approximate surface area is 158 Å². The summed E-state index contributed by atoms with van der Waals surface area (Å²) in [5, 5.41) is 5.07. The highest BCUT2D eigenvalue weighted by Crippen LogP contribution is 2.19. The van der Waals surface area contributed by atoms with Crippen LogP contribution < -0.4 is 10.6 Å². The van der Waals surface area contributed by atoms with Crippen molar-refractivity contribution in [1.29, 1.82) is 0 Å². The van der Waals surface area contributed by atoms with Gasteiger partial charge in [0.15, 0.2) is 11.6 Å². The number of morpholine rings is 1. The lowest BCUT2D eigenvalue weighted by atomic mass is 9.99. The maximum Gasteiger partial charge on any atom is 0.243 e. The molecule has 0 spiro atoms. The Hall–Kier alpha value is -2.06. The van der Waals surface area contributed by atoms with Crippen molar-refractivity contribution in [1.82, 2.24) is 10.2 Å². The van der Waals surface area contributed by atoms with E-state index in [9.17, 15) is 18.4 Å². The van der Waals surface area contributed by atoms with Crippen LogP contribution in [0.5, 0.6) is 0 Å². The van der Waals surface area contributed by atoms with Gasteiger partial charge in [0.2, 0.25) is 11.8 Å². The minimum atomic E-state index is -1.05. The van der Waals surface area contributed by atoms with Gasteiger partial charge >= 0.3 is 0 Å². The van der Waals surface area contributed by atoms with E-state index in [0.29, 0.717) is 13.1 Å². The lowest BCUT2D eigenvalue weighted by molar-refractivity contribution is -0.136. The molecule has 0 bridgehead atoms. The summed E-state index contributed by atoms with van der Waals surface area (Å²) in [5.74, 6) is -2.74. The van der Waals surface area contributed by atoms with Crippen LogP contribution in [0.2, 0.25) is 0 Å². The summed E-state index contributed by atoms with van der Waals surface area (Å²) in [7, 11) is 0. The quantitative estimate of drug-likeness (QED) is 0.790. The van der Waals surface area contributed by atoms with Crippen LogP contribution in [0.15, 0.2) is 18.2 Å². The molecule has 1 aromatic carbocycles. The Kier molecular flexibility index (Phi) is 7.26. The van der Waals surface area contributed by atoms with Gasteiger partial charge in [-0.25, -0.2) is 8.78 Å². The molecule has 0 aliphatic carbocycles. The third-order valence-corrected chi connectivity index (χ3v) is 4.37. The molecule has 1 fully saturated rings. The number of anilines is 1. The number of ether oxygens (including phenoxy) is 1. The number of hydrogen-bond acceptors (Lipinski definition) is 4. The molecule has 0 aromatic heterocycles. The smallest absolute Gasteiger partial charge is 0.243 e. The molecule has 1 aliphatic rings. The van der Waals surface area contributed by atoms with Crippen molar-refractivity contribution in [2.24, 2.45) is 5.92 Å². The number of rotatable bonds is 6. The van der Waals surface area contributed by atoms with E-state index < -0.39 is 17.5 Å². The third-order valence-electron chi connectivity index (χ3n) is 4.37. The van der Waals surface area contributed by atoms with Crippen LogP contribution in [-0.2, 0) is 14.3 Å². The molecule has 1 heterocycles. The molecular formula is C19H27F2N3O3. The van der Waals surface area contributed by atoms with Gasteiger partial charge < -0.3 is 15.4 Å². The van der Waals surface area contributed by atoms with Gasteiger partial charge in [-0.3, -0.25) is 14.5 Å². The van der Waals surface area contributed by atoms with Gasteiger partial charge in [0.05, 0.1) is 24.8 Å². The van der Waals surface area contributed by atoms with Crippen molar-refractivity contribution in [3.63, 3.8) is 0 Å². The Balaban J connectivity index is 1.93. The van der Waals surface area contributed by atoms with E-state index in [-0.39, 0.29) is 42.3 Å². The number of halogens is 2. The molecule has 1 aromatic rings. The van der Waals surface area contributed by atoms with Crippen molar-refractivity contribution in [2.75, 3.05) is 25.0 Å². The molecule has 2 rings (SSSR count). The molecule has 8 heteroatoms. The van der Waals surface area contributed by atoms with Gasteiger partial charge in [-0.05, 0) is 31.9 Å². The fraction of sp³-hybridized carbons (Fsp3) is 0.579. The molecule has 27 heavy (non-hydrogen) atoms. The standard InChI is InChI=1S/C19H27F2N3O3/c1-11(2)18(24-9-12(3)27-13(4)10-24)19(26)22-8-17(25)23-14-5-6-15(20)16(21)7-14/h5-7,11-13,18H,8-10H2,1-4H3,(H,22,26)(H,23,25)/t12-,13+,18-/m1/s1. The van der Waals surface area contributed by atoms with E-state index in [0.717, 1.165) is 12.1 Å². The Morgan fingerprint density at radius 1 is 1.19 bits per heavy atom. The third kappa shape index (κ3) is 5.97. The minimum absolute atomic E-state index is 0.0273. The normalized spacial score (nSPS) is 21.7. The zero-order valence-corrected chi connectivity index (χ0v) is 16.1. The largest absolute Gasteiger partial charge is 0.373 e. The summed E-state index contributed by atoms with van der Waals surface area (Å²) in [4.78, 5) is 26.8. The highest BCUT2D eigenvalue weighted by atomic mass is 19.2. The van der Waals surface area contributed by atoms with Crippen LogP contribution in [0, 0.1) is 17.6 Å². The molecule has 1 saturated heterocycles. The van der Waals surface area contributed by atoms with Crippen molar-refractivity contribution in [3.8, 4) is 0 Å². The maximum atomic E-state index is 13.2. The average Bonchev–Trinajstić information content (AvgIpc) is 2.55. The number of amides is 2. The molecule has 3 atom stereocenters. The van der Waals surface area contributed by atoms with Crippen molar-refractivity contribution in [3.05, 3.63) is 29.8 Å². The Morgan fingerprint density at radius 2 is 1.81 bits per heavy atom. The SMILES string of the molecule is CC(C)[C@H](C(=O)NCC(=O)Nc1ccc(F)c(F)c1)N1C[C@@H](C)O[C@@H](C)C1. The fourth-order valence-electron chi connectivity index (χ4n) is 3.39. The summed E-state index contributed by atoms with van der Waals surface area (Å²) in [6.45, 7) is 8.87. The number of carbonyl (C=O) groups excluding carboxylic acids is 2. The number of benzene rings is 1. The summed E-state index contributed by atoms with van der Waals surface area (Å²) < 4.78 is 31.8. The predicted molar refractivity (Wildman–Crippen MR) is 98.2 cm³/mol. The molecule has 0 radical (unpaired) electrons. The lowest BCUT2D eigenvalue weighted by Gasteiger charge is -2.40. The summed E-state index contributed by atoms with van der Waals surface area (Å²) in [5.41, 5.74) is 0.129. The second-order valence-corrected chi connectivity index (χ2v) is 7.29. The molecule has 1 aliphatic heterocycles. The number of nitrogens with one attached hydrogen (secondary N) is 2. The highest BCUT2D eigenvalue weighted by molar-refractivity contribution is 5.95. The lowest BCUT2D eigenvalue weighted by Crippen LogP contribution is -2.57. The van der Waals surface area contributed by atoms with Crippen LogP contribution in [-0.4, -0.2) is 54.6 Å².